The molecule has 0 saturated carbocycles. The highest BCUT2D eigenvalue weighted by Gasteiger charge is 2.34. The van der Waals surface area contributed by atoms with E-state index in [1.807, 2.05) is 41.0 Å². The van der Waals surface area contributed by atoms with Gasteiger partial charge in [0.2, 0.25) is 0 Å². The lowest BCUT2D eigenvalue weighted by molar-refractivity contribution is -0.141. The van der Waals surface area contributed by atoms with Crippen LogP contribution in [0, 0.1) is 0 Å². The monoisotopic (exact) mass is 395 g/mol. The minimum absolute atomic E-state index is 0.0988. The molecule has 29 heavy (non-hydrogen) atoms. The Kier molecular flexibility index (Phi) is 3.73. The molecule has 5 rings (SSSR count). The van der Waals surface area contributed by atoms with Gasteiger partial charge in [-0.25, -0.2) is 9.97 Å². The molecule has 5 aromatic rings. The summed E-state index contributed by atoms with van der Waals surface area (Å²) in [6, 6.07) is 16.0. The number of rotatable bonds is 3. The van der Waals surface area contributed by atoms with Gasteiger partial charge in [0, 0.05) is 17.4 Å². The van der Waals surface area contributed by atoms with Gasteiger partial charge < -0.3 is 5.32 Å². The Hall–Kier alpha value is -3.95. The first-order chi connectivity index (χ1) is 14.0. The summed E-state index contributed by atoms with van der Waals surface area (Å²) < 4.78 is 42.6. The second-order valence-electron chi connectivity index (χ2n) is 6.27. The third kappa shape index (κ3) is 3.04. The van der Waals surface area contributed by atoms with E-state index in [0.717, 1.165) is 23.6 Å². The maximum Gasteiger partial charge on any atom is 0.433 e. The number of nitrogens with zero attached hydrogens (tertiary/aromatic N) is 6. The molecule has 0 aliphatic rings. The lowest BCUT2D eigenvalue weighted by Crippen LogP contribution is -2.12. The van der Waals surface area contributed by atoms with Crippen molar-refractivity contribution in [1.82, 2.24) is 29.1 Å². The van der Waals surface area contributed by atoms with Gasteiger partial charge in [-0.05, 0) is 30.3 Å². The fraction of sp³-hybridized carbons (Fsp3) is 0.0526. The second kappa shape index (κ2) is 6.30. The maximum absolute atomic E-state index is 13.2. The summed E-state index contributed by atoms with van der Waals surface area (Å²) in [5, 5.41) is 6.90. The molecule has 0 spiro atoms. The summed E-state index contributed by atoms with van der Waals surface area (Å²) in [6.07, 6.45) is -1.74. The van der Waals surface area contributed by atoms with Crippen molar-refractivity contribution < 1.29 is 13.2 Å². The van der Waals surface area contributed by atoms with Crippen LogP contribution in [-0.4, -0.2) is 29.1 Å². The first-order valence-corrected chi connectivity index (χ1v) is 8.56. The average Bonchev–Trinajstić information content (AvgIpc) is 3.34. The molecule has 7 nitrogen and oxygen atoms in total. The van der Waals surface area contributed by atoms with Crippen molar-refractivity contribution in [2.75, 3.05) is 5.32 Å². The van der Waals surface area contributed by atoms with Gasteiger partial charge in [0.15, 0.2) is 5.69 Å². The summed E-state index contributed by atoms with van der Waals surface area (Å²) in [5.41, 5.74) is 2.04. The fourth-order valence-electron chi connectivity index (χ4n) is 3.08. The number of nitrogens with one attached hydrogen (secondary N) is 1. The predicted molar refractivity (Wildman–Crippen MR) is 100 cm³/mol. The van der Waals surface area contributed by atoms with E-state index in [4.69, 9.17) is 0 Å². The molecule has 0 atom stereocenters. The van der Waals surface area contributed by atoms with Crippen molar-refractivity contribution in [2.45, 2.75) is 6.18 Å². The number of anilines is 2. The van der Waals surface area contributed by atoms with Crippen LogP contribution < -0.4 is 5.32 Å². The molecule has 10 heteroatoms. The zero-order chi connectivity index (χ0) is 20.0. The Balaban J connectivity index is 1.55. The Bertz CT molecular complexity index is 1320. The van der Waals surface area contributed by atoms with E-state index in [1.54, 1.807) is 18.5 Å². The van der Waals surface area contributed by atoms with E-state index >= 15 is 0 Å². The number of imidazole rings is 1. The van der Waals surface area contributed by atoms with Crippen LogP contribution in [0.4, 0.5) is 24.7 Å². The molecule has 0 fully saturated rings. The van der Waals surface area contributed by atoms with Crippen LogP contribution in [0.1, 0.15) is 5.69 Å². The molecule has 0 aliphatic carbocycles. The van der Waals surface area contributed by atoms with E-state index in [-0.39, 0.29) is 11.6 Å². The molecular weight excluding hydrogens is 383 g/mol. The van der Waals surface area contributed by atoms with Crippen LogP contribution in [-0.2, 0) is 6.18 Å². The van der Waals surface area contributed by atoms with Crippen LogP contribution in [0.2, 0.25) is 0 Å². The summed E-state index contributed by atoms with van der Waals surface area (Å²) in [7, 11) is 0. The van der Waals surface area contributed by atoms with Crippen molar-refractivity contribution in [3.63, 3.8) is 0 Å². The van der Waals surface area contributed by atoms with Crippen LogP contribution in [0.15, 0.2) is 67.3 Å². The number of alkyl halides is 3. The van der Waals surface area contributed by atoms with Crippen molar-refractivity contribution >= 4 is 28.3 Å². The van der Waals surface area contributed by atoms with Crippen LogP contribution in [0.25, 0.3) is 22.5 Å². The van der Waals surface area contributed by atoms with Gasteiger partial charge in [0.05, 0.1) is 11.0 Å². The average molecular weight is 395 g/mol. The number of fused-ring (bicyclic) bond motifs is 2. The van der Waals surface area contributed by atoms with Gasteiger partial charge >= 0.3 is 6.18 Å². The molecule has 0 aliphatic heterocycles. The van der Waals surface area contributed by atoms with E-state index < -0.39 is 11.9 Å². The fourth-order valence-corrected chi connectivity index (χ4v) is 3.08. The van der Waals surface area contributed by atoms with Crippen LogP contribution in [0.3, 0.4) is 0 Å². The molecule has 3 aromatic heterocycles. The molecule has 1 N–H and O–H groups in total. The zero-order valence-corrected chi connectivity index (χ0v) is 14.7. The minimum atomic E-state index is -4.59. The number of hydrogen-bond donors (Lipinski definition) is 1. The SMILES string of the molecule is FC(F)(F)c1cc(Nc2ccc3c(c2)ncn3-c2ccccc2)n2ncnc2n1. The van der Waals surface area contributed by atoms with E-state index in [0.29, 0.717) is 11.2 Å². The molecule has 0 unspecified atom stereocenters. The van der Waals surface area contributed by atoms with Crippen LogP contribution >= 0.6 is 0 Å². The molecule has 2 aromatic carbocycles. The quantitative estimate of drug-likeness (QED) is 0.495. The van der Waals surface area contributed by atoms with Crippen LogP contribution in [0.5, 0.6) is 0 Å². The number of hydrogen-bond acceptors (Lipinski definition) is 5. The van der Waals surface area contributed by atoms with Crippen molar-refractivity contribution in [3.8, 4) is 5.69 Å². The maximum atomic E-state index is 13.2. The summed E-state index contributed by atoms with van der Waals surface area (Å²) in [5.74, 6) is -0.0431. The van der Waals surface area contributed by atoms with Crippen molar-refractivity contribution in [2.24, 2.45) is 0 Å². The van der Waals surface area contributed by atoms with Gasteiger partial charge in [-0.15, -0.1) is 0 Å². The first-order valence-electron chi connectivity index (χ1n) is 8.56. The topological polar surface area (TPSA) is 72.9 Å². The molecule has 0 saturated heterocycles. The Labute approximate surface area is 161 Å². The molecule has 3 heterocycles. The van der Waals surface area contributed by atoms with Gasteiger partial charge in [0.25, 0.3) is 5.78 Å². The molecular formula is C19H12F3N7. The van der Waals surface area contributed by atoms with Crippen molar-refractivity contribution in [1.29, 1.82) is 0 Å². The number of benzene rings is 2. The van der Waals surface area contributed by atoms with Gasteiger partial charge in [-0.2, -0.15) is 27.8 Å². The van der Waals surface area contributed by atoms with Gasteiger partial charge in [-0.3, -0.25) is 4.57 Å². The molecule has 0 bridgehead atoms. The van der Waals surface area contributed by atoms with E-state index in [1.165, 1.54) is 4.52 Å². The number of aromatic nitrogens is 6. The van der Waals surface area contributed by atoms with E-state index in [2.05, 4.69) is 25.4 Å². The third-order valence-electron chi connectivity index (χ3n) is 4.40. The molecule has 0 radical (unpaired) electrons. The zero-order valence-electron chi connectivity index (χ0n) is 14.7. The molecule has 0 amide bonds. The normalized spacial score (nSPS) is 12.0. The summed E-state index contributed by atoms with van der Waals surface area (Å²) in [4.78, 5) is 11.7. The minimum Gasteiger partial charge on any atom is -0.340 e. The largest absolute Gasteiger partial charge is 0.433 e. The number of para-hydroxylation sites is 1. The summed E-state index contributed by atoms with van der Waals surface area (Å²) >= 11 is 0. The smallest absolute Gasteiger partial charge is 0.340 e. The highest BCUT2D eigenvalue weighted by atomic mass is 19.4. The standard InChI is InChI=1S/C19H12F3N7/c20-19(21,22)16-9-17(29-18(27-16)23-10-25-29)26-12-6-7-15-14(8-12)24-11-28(15)13-4-2-1-3-5-13/h1-11,26H. The highest BCUT2D eigenvalue weighted by molar-refractivity contribution is 5.82. The second-order valence-corrected chi connectivity index (χ2v) is 6.27. The Morgan fingerprint density at radius 2 is 1.76 bits per heavy atom. The lowest BCUT2D eigenvalue weighted by Gasteiger charge is -2.11. The number of halogens is 3. The third-order valence-corrected chi connectivity index (χ3v) is 4.40. The summed E-state index contributed by atoms with van der Waals surface area (Å²) in [6.45, 7) is 0. The Morgan fingerprint density at radius 1 is 0.931 bits per heavy atom. The van der Waals surface area contributed by atoms with E-state index in [9.17, 15) is 13.2 Å². The predicted octanol–water partition coefficient (Wildman–Crippen LogP) is 4.23. The van der Waals surface area contributed by atoms with Gasteiger partial charge in [-0.1, -0.05) is 18.2 Å². The highest BCUT2D eigenvalue weighted by Crippen LogP contribution is 2.31. The van der Waals surface area contributed by atoms with Gasteiger partial charge in [0.1, 0.15) is 18.5 Å². The lowest BCUT2D eigenvalue weighted by atomic mass is 10.2. The Morgan fingerprint density at radius 3 is 2.55 bits per heavy atom. The molecule has 144 valence electrons. The van der Waals surface area contributed by atoms with Crippen molar-refractivity contribution in [3.05, 3.63) is 72.9 Å². The first kappa shape index (κ1) is 17.2.